The Bertz CT molecular complexity index is 445. The van der Waals surface area contributed by atoms with Crippen molar-refractivity contribution in [3.63, 3.8) is 0 Å². The number of anilines is 2. The third-order valence-corrected chi connectivity index (χ3v) is 3.50. The summed E-state index contributed by atoms with van der Waals surface area (Å²) in [6, 6.07) is 8.12. The fourth-order valence-corrected chi connectivity index (χ4v) is 2.38. The van der Waals surface area contributed by atoms with E-state index in [2.05, 4.69) is 29.3 Å². The number of hydrogen-bond donors (Lipinski definition) is 1. The Morgan fingerprint density at radius 3 is 2.89 bits per heavy atom. The molecule has 1 amide bonds. The van der Waals surface area contributed by atoms with Gasteiger partial charge in [0.05, 0.1) is 6.04 Å². The van der Waals surface area contributed by atoms with Gasteiger partial charge in [-0.15, -0.1) is 0 Å². The number of rotatable bonds is 5. The Balaban J connectivity index is 2.10. The van der Waals surface area contributed by atoms with Crippen molar-refractivity contribution in [3.8, 4) is 0 Å². The number of nitrogens with one attached hydrogen (secondary N) is 1. The van der Waals surface area contributed by atoms with Crippen LogP contribution in [-0.2, 0) is 4.79 Å². The van der Waals surface area contributed by atoms with Crippen LogP contribution < -0.4 is 15.1 Å². The summed E-state index contributed by atoms with van der Waals surface area (Å²) in [5.41, 5.74) is 2.12. The van der Waals surface area contributed by atoms with Crippen molar-refractivity contribution in [2.24, 2.45) is 0 Å². The molecule has 1 aromatic rings. The van der Waals surface area contributed by atoms with Crippen LogP contribution in [0.4, 0.5) is 11.4 Å². The van der Waals surface area contributed by atoms with E-state index in [0.717, 1.165) is 37.3 Å². The molecule has 1 N–H and O–H groups in total. The van der Waals surface area contributed by atoms with Gasteiger partial charge >= 0.3 is 0 Å². The number of nitrogens with zero attached hydrogens (tertiary/aromatic N) is 2. The van der Waals surface area contributed by atoms with Crippen LogP contribution in [0.5, 0.6) is 0 Å². The molecule has 1 aliphatic heterocycles. The monoisotopic (exact) mass is 261 g/mol. The van der Waals surface area contributed by atoms with Crippen LogP contribution in [0, 0.1) is 0 Å². The molecule has 19 heavy (non-hydrogen) atoms. The number of carbonyl (C=O) groups is 1. The lowest BCUT2D eigenvalue weighted by Crippen LogP contribution is -2.38. The minimum atomic E-state index is -0.0111. The Morgan fingerprint density at radius 1 is 1.42 bits per heavy atom. The normalized spacial score (nSPS) is 19.0. The average Bonchev–Trinajstić information content (AvgIpc) is 2.78. The fourth-order valence-electron chi connectivity index (χ4n) is 2.38. The second-order valence-corrected chi connectivity index (χ2v) is 5.20. The topological polar surface area (TPSA) is 35.6 Å². The van der Waals surface area contributed by atoms with Gasteiger partial charge in [-0.3, -0.25) is 4.79 Å². The van der Waals surface area contributed by atoms with E-state index in [1.54, 1.807) is 0 Å². The van der Waals surface area contributed by atoms with Crippen molar-refractivity contribution in [1.29, 1.82) is 0 Å². The summed E-state index contributed by atoms with van der Waals surface area (Å²) in [5.74, 6) is 0.198. The Hall–Kier alpha value is -1.55. The van der Waals surface area contributed by atoms with Gasteiger partial charge in [0.2, 0.25) is 5.91 Å². The molecule has 0 aromatic heterocycles. The first-order chi connectivity index (χ1) is 9.13. The van der Waals surface area contributed by atoms with Crippen molar-refractivity contribution >= 4 is 17.3 Å². The first-order valence-electron chi connectivity index (χ1n) is 6.95. The van der Waals surface area contributed by atoms with Gasteiger partial charge in [0.1, 0.15) is 0 Å². The molecular weight excluding hydrogens is 238 g/mol. The second-order valence-electron chi connectivity index (χ2n) is 5.20. The molecule has 1 unspecified atom stereocenters. The zero-order valence-electron chi connectivity index (χ0n) is 12.0. The maximum absolute atomic E-state index is 12.3. The Morgan fingerprint density at radius 2 is 2.21 bits per heavy atom. The highest BCUT2D eigenvalue weighted by atomic mass is 16.2. The quantitative estimate of drug-likeness (QED) is 0.878. The van der Waals surface area contributed by atoms with E-state index in [4.69, 9.17) is 0 Å². The van der Waals surface area contributed by atoms with Gasteiger partial charge in [-0.25, -0.2) is 0 Å². The zero-order valence-corrected chi connectivity index (χ0v) is 12.0. The molecule has 0 spiro atoms. The molecule has 0 radical (unpaired) electrons. The van der Waals surface area contributed by atoms with Crippen molar-refractivity contribution in [3.05, 3.63) is 24.3 Å². The maximum Gasteiger partial charge on any atom is 0.244 e. The highest BCUT2D eigenvalue weighted by molar-refractivity contribution is 5.99. The third kappa shape index (κ3) is 3.07. The van der Waals surface area contributed by atoms with E-state index in [1.807, 2.05) is 31.1 Å². The lowest BCUT2D eigenvalue weighted by molar-refractivity contribution is -0.118. The van der Waals surface area contributed by atoms with Crippen LogP contribution in [0.15, 0.2) is 24.3 Å². The molecule has 1 aliphatic rings. The van der Waals surface area contributed by atoms with Crippen LogP contribution >= 0.6 is 0 Å². The molecule has 4 heteroatoms. The predicted molar refractivity (Wildman–Crippen MR) is 79.8 cm³/mol. The van der Waals surface area contributed by atoms with Crippen LogP contribution in [0.25, 0.3) is 0 Å². The standard InChI is InChI=1S/C15H23N3O/c1-4-9-16-14-8-10-18(15(14)19)13-7-5-6-12(11-13)17(2)3/h5-7,11,14,16H,4,8-10H2,1-3H3. The summed E-state index contributed by atoms with van der Waals surface area (Å²) < 4.78 is 0. The predicted octanol–water partition coefficient (Wildman–Crippen LogP) is 1.86. The summed E-state index contributed by atoms with van der Waals surface area (Å²) in [6.07, 6.45) is 1.95. The zero-order chi connectivity index (χ0) is 13.8. The molecule has 1 saturated heterocycles. The van der Waals surface area contributed by atoms with E-state index in [0.29, 0.717) is 0 Å². The Kier molecular flexibility index (Phi) is 4.43. The van der Waals surface area contributed by atoms with Crippen LogP contribution in [0.1, 0.15) is 19.8 Å². The lowest BCUT2D eigenvalue weighted by Gasteiger charge is -2.20. The second kappa shape index (κ2) is 6.06. The smallest absolute Gasteiger partial charge is 0.244 e. The third-order valence-electron chi connectivity index (χ3n) is 3.50. The minimum absolute atomic E-state index is 0.0111. The van der Waals surface area contributed by atoms with Gasteiger partial charge in [0, 0.05) is 32.0 Å². The molecule has 1 atom stereocenters. The largest absolute Gasteiger partial charge is 0.378 e. The van der Waals surface area contributed by atoms with Gasteiger partial charge < -0.3 is 15.1 Å². The Labute approximate surface area is 115 Å². The van der Waals surface area contributed by atoms with E-state index >= 15 is 0 Å². The molecule has 0 saturated carbocycles. The summed E-state index contributed by atoms with van der Waals surface area (Å²) in [7, 11) is 4.02. The minimum Gasteiger partial charge on any atom is -0.378 e. The van der Waals surface area contributed by atoms with Gasteiger partial charge in [-0.05, 0) is 37.6 Å². The SMILES string of the molecule is CCCNC1CCN(c2cccc(N(C)C)c2)C1=O. The number of hydrogen-bond acceptors (Lipinski definition) is 3. The van der Waals surface area contributed by atoms with E-state index in [-0.39, 0.29) is 11.9 Å². The van der Waals surface area contributed by atoms with Gasteiger partial charge in [0.15, 0.2) is 0 Å². The maximum atomic E-state index is 12.3. The summed E-state index contributed by atoms with van der Waals surface area (Å²) in [6.45, 7) is 3.82. The fraction of sp³-hybridized carbons (Fsp3) is 0.533. The number of carbonyl (C=O) groups excluding carboxylic acids is 1. The molecule has 1 fully saturated rings. The van der Waals surface area contributed by atoms with Crippen LogP contribution in [0.3, 0.4) is 0 Å². The highest BCUT2D eigenvalue weighted by Crippen LogP contribution is 2.25. The molecule has 1 aromatic carbocycles. The molecule has 0 aliphatic carbocycles. The van der Waals surface area contributed by atoms with E-state index < -0.39 is 0 Å². The lowest BCUT2D eigenvalue weighted by atomic mass is 10.2. The summed E-state index contributed by atoms with van der Waals surface area (Å²) in [5, 5.41) is 3.32. The van der Waals surface area contributed by atoms with Crippen molar-refractivity contribution in [2.45, 2.75) is 25.8 Å². The summed E-state index contributed by atoms with van der Waals surface area (Å²) >= 11 is 0. The molecule has 0 bridgehead atoms. The van der Waals surface area contributed by atoms with Crippen molar-refractivity contribution in [2.75, 3.05) is 37.0 Å². The van der Waals surface area contributed by atoms with Crippen LogP contribution in [0.2, 0.25) is 0 Å². The first kappa shape index (κ1) is 13.9. The van der Waals surface area contributed by atoms with E-state index in [1.165, 1.54) is 0 Å². The van der Waals surface area contributed by atoms with Gasteiger partial charge in [-0.1, -0.05) is 13.0 Å². The summed E-state index contributed by atoms with van der Waals surface area (Å²) in [4.78, 5) is 16.3. The van der Waals surface area contributed by atoms with E-state index in [9.17, 15) is 4.79 Å². The number of benzene rings is 1. The van der Waals surface area contributed by atoms with Crippen molar-refractivity contribution < 1.29 is 4.79 Å². The molecule has 104 valence electrons. The first-order valence-corrected chi connectivity index (χ1v) is 6.95. The average molecular weight is 261 g/mol. The number of amides is 1. The van der Waals surface area contributed by atoms with Crippen molar-refractivity contribution in [1.82, 2.24) is 5.32 Å². The molecular formula is C15H23N3O. The molecule has 1 heterocycles. The van der Waals surface area contributed by atoms with Gasteiger partial charge in [-0.2, -0.15) is 0 Å². The van der Waals surface area contributed by atoms with Crippen LogP contribution in [-0.4, -0.2) is 39.1 Å². The molecule has 2 rings (SSSR count). The molecule has 4 nitrogen and oxygen atoms in total. The van der Waals surface area contributed by atoms with Gasteiger partial charge in [0.25, 0.3) is 0 Å². The highest BCUT2D eigenvalue weighted by Gasteiger charge is 2.31.